The molecule has 2 aliphatic rings. The lowest BCUT2D eigenvalue weighted by molar-refractivity contribution is -0.113. The third-order valence-electron chi connectivity index (χ3n) is 6.77. The fraction of sp³-hybridized carbons (Fsp3) is 0.226. The summed E-state index contributed by atoms with van der Waals surface area (Å²) >= 11 is 1.43. The number of thioether (sulfide) groups is 1. The van der Waals surface area contributed by atoms with Gasteiger partial charge in [0.15, 0.2) is 5.17 Å². The van der Waals surface area contributed by atoms with E-state index in [2.05, 4.69) is 57.7 Å². The van der Waals surface area contributed by atoms with Crippen molar-refractivity contribution in [2.24, 2.45) is 4.99 Å². The molecule has 36 heavy (non-hydrogen) atoms. The van der Waals surface area contributed by atoms with Crippen LogP contribution in [0, 0.1) is 6.92 Å². The Kier molecular flexibility index (Phi) is 6.35. The summed E-state index contributed by atoms with van der Waals surface area (Å²) in [5.41, 5.74) is 7.56. The molecule has 0 radical (unpaired) electrons. The summed E-state index contributed by atoms with van der Waals surface area (Å²) < 4.78 is 0. The van der Waals surface area contributed by atoms with Crippen molar-refractivity contribution < 1.29 is 4.79 Å². The van der Waals surface area contributed by atoms with Crippen LogP contribution in [0.3, 0.4) is 0 Å². The molecule has 0 saturated carbocycles. The summed E-state index contributed by atoms with van der Waals surface area (Å²) in [4.78, 5) is 23.3. The number of carbonyl (C=O) groups is 1. The van der Waals surface area contributed by atoms with E-state index < -0.39 is 0 Å². The number of amidine groups is 1. The molecule has 5 heteroatoms. The topological polar surface area (TPSA) is 35.9 Å². The van der Waals surface area contributed by atoms with Gasteiger partial charge in [-0.1, -0.05) is 42.5 Å². The molecule has 0 spiro atoms. The van der Waals surface area contributed by atoms with Crippen LogP contribution in [0.1, 0.15) is 44.4 Å². The van der Waals surface area contributed by atoms with E-state index in [1.807, 2.05) is 66.7 Å². The Morgan fingerprint density at radius 1 is 0.972 bits per heavy atom. The molecule has 2 aliphatic heterocycles. The number of fused-ring (bicyclic) bond motifs is 1. The van der Waals surface area contributed by atoms with Gasteiger partial charge < -0.3 is 4.90 Å². The summed E-state index contributed by atoms with van der Waals surface area (Å²) in [5, 5.41) is 0.661. The number of nitrogens with zero attached hydrogens (tertiary/aromatic N) is 3. The number of rotatable bonds is 4. The predicted molar refractivity (Wildman–Crippen MR) is 155 cm³/mol. The summed E-state index contributed by atoms with van der Waals surface area (Å²) in [5.74, 6) is -0.0541. The molecule has 0 N–H and O–H groups in total. The van der Waals surface area contributed by atoms with Crippen molar-refractivity contribution in [1.82, 2.24) is 0 Å². The van der Waals surface area contributed by atoms with Gasteiger partial charge in [0.1, 0.15) is 0 Å². The van der Waals surface area contributed by atoms with Crippen molar-refractivity contribution in [3.63, 3.8) is 0 Å². The molecule has 1 fully saturated rings. The summed E-state index contributed by atoms with van der Waals surface area (Å²) in [6, 6.07) is 24.0. The molecule has 2 heterocycles. The van der Waals surface area contributed by atoms with Crippen LogP contribution in [0.5, 0.6) is 0 Å². The molecule has 0 aromatic heterocycles. The first kappa shape index (κ1) is 24.1. The Labute approximate surface area is 218 Å². The fourth-order valence-corrected chi connectivity index (χ4v) is 6.08. The summed E-state index contributed by atoms with van der Waals surface area (Å²) in [6.45, 7) is 12.0. The first-order valence-corrected chi connectivity index (χ1v) is 13.1. The first-order chi connectivity index (χ1) is 17.3. The van der Waals surface area contributed by atoms with Crippen LogP contribution in [0.15, 0.2) is 88.8 Å². The molecule has 182 valence electrons. The highest BCUT2D eigenvalue weighted by Crippen LogP contribution is 2.42. The van der Waals surface area contributed by atoms with Crippen molar-refractivity contribution in [2.75, 3.05) is 16.3 Å². The van der Waals surface area contributed by atoms with Crippen molar-refractivity contribution in [1.29, 1.82) is 0 Å². The number of carbonyl (C=O) groups excluding carboxylic acids is 1. The normalized spacial score (nSPS) is 19.1. The summed E-state index contributed by atoms with van der Waals surface area (Å²) in [6.07, 6.45) is 4.36. The second kappa shape index (κ2) is 9.47. The molecule has 4 nitrogen and oxygen atoms in total. The van der Waals surface area contributed by atoms with Gasteiger partial charge in [0.05, 0.1) is 21.8 Å². The molecule has 5 rings (SSSR count). The van der Waals surface area contributed by atoms with Gasteiger partial charge in [0.2, 0.25) is 0 Å². The highest BCUT2D eigenvalue weighted by Gasteiger charge is 2.35. The SMILES string of the molecule is CCN1c2cc(C)c(/C=C3/SC(=Nc4ccccc4)N(c4ccccc4)C3=O)cc2C(C)=CC1(C)C. The van der Waals surface area contributed by atoms with Crippen LogP contribution in [0.2, 0.25) is 0 Å². The third-order valence-corrected chi connectivity index (χ3v) is 7.74. The van der Waals surface area contributed by atoms with Gasteiger partial charge in [-0.05, 0) is 106 Å². The number of likely N-dealkylation sites (N-methyl/N-ethyl adjacent to an activating group) is 1. The quantitative estimate of drug-likeness (QED) is 0.348. The van der Waals surface area contributed by atoms with Crippen molar-refractivity contribution in [3.05, 3.63) is 100 Å². The second-order valence-electron chi connectivity index (χ2n) is 9.77. The Morgan fingerprint density at radius 2 is 1.64 bits per heavy atom. The molecular formula is C31H31N3OS. The van der Waals surface area contributed by atoms with Crippen LogP contribution < -0.4 is 9.80 Å². The Bertz CT molecular complexity index is 1400. The molecule has 3 aromatic rings. The number of anilines is 2. The van der Waals surface area contributed by atoms with Crippen molar-refractivity contribution in [3.8, 4) is 0 Å². The number of allylic oxidation sites excluding steroid dienone is 1. The molecule has 0 atom stereocenters. The van der Waals surface area contributed by atoms with Gasteiger partial charge >= 0.3 is 0 Å². The Morgan fingerprint density at radius 3 is 2.31 bits per heavy atom. The van der Waals surface area contributed by atoms with E-state index in [1.165, 1.54) is 28.6 Å². The van der Waals surface area contributed by atoms with E-state index in [-0.39, 0.29) is 11.4 Å². The highest BCUT2D eigenvalue weighted by molar-refractivity contribution is 8.19. The van der Waals surface area contributed by atoms with Gasteiger partial charge in [-0.2, -0.15) is 0 Å². The number of aryl methyl sites for hydroxylation is 1. The Balaban J connectivity index is 1.59. The van der Waals surface area contributed by atoms with Gasteiger partial charge in [0, 0.05) is 17.8 Å². The van der Waals surface area contributed by atoms with Gasteiger partial charge in [0.25, 0.3) is 5.91 Å². The van der Waals surface area contributed by atoms with Gasteiger partial charge in [-0.3, -0.25) is 9.69 Å². The molecule has 1 amide bonds. The molecule has 0 bridgehead atoms. The average Bonchev–Trinajstić information content (AvgIpc) is 3.15. The van der Waals surface area contributed by atoms with Gasteiger partial charge in [-0.25, -0.2) is 4.99 Å². The lowest BCUT2D eigenvalue weighted by atomic mass is 9.87. The highest BCUT2D eigenvalue weighted by atomic mass is 32.2. The number of amides is 1. The number of hydrogen-bond donors (Lipinski definition) is 0. The average molecular weight is 494 g/mol. The van der Waals surface area contributed by atoms with Crippen molar-refractivity contribution in [2.45, 2.75) is 40.2 Å². The zero-order valence-corrected chi connectivity index (χ0v) is 22.3. The lowest BCUT2D eigenvalue weighted by Gasteiger charge is -2.43. The first-order valence-electron chi connectivity index (χ1n) is 12.3. The van der Waals surface area contributed by atoms with E-state index >= 15 is 0 Å². The maximum absolute atomic E-state index is 13.7. The van der Waals surface area contributed by atoms with Crippen LogP contribution >= 0.6 is 11.8 Å². The molecule has 1 saturated heterocycles. The summed E-state index contributed by atoms with van der Waals surface area (Å²) in [7, 11) is 0. The van der Waals surface area contributed by atoms with Crippen LogP contribution in [-0.2, 0) is 4.79 Å². The largest absolute Gasteiger partial charge is 0.363 e. The molecule has 0 unspecified atom stereocenters. The van der Waals surface area contributed by atoms with Crippen LogP contribution in [0.25, 0.3) is 11.6 Å². The number of benzene rings is 3. The monoisotopic (exact) mass is 493 g/mol. The van der Waals surface area contributed by atoms with E-state index in [1.54, 1.807) is 4.90 Å². The minimum atomic E-state index is -0.0541. The molecule has 3 aromatic carbocycles. The smallest absolute Gasteiger partial charge is 0.271 e. The zero-order valence-electron chi connectivity index (χ0n) is 21.4. The van der Waals surface area contributed by atoms with Crippen LogP contribution in [-0.4, -0.2) is 23.2 Å². The maximum atomic E-state index is 13.7. The predicted octanol–water partition coefficient (Wildman–Crippen LogP) is 7.83. The minimum absolute atomic E-state index is 0.0332. The third kappa shape index (κ3) is 4.40. The minimum Gasteiger partial charge on any atom is -0.363 e. The fourth-order valence-electron chi connectivity index (χ4n) is 5.09. The standard InChI is InChI=1S/C31H31N3OS/c1-6-33-27-17-21(2)23(18-26(27)22(3)20-31(33,4)5)19-28-29(35)34(25-15-11-8-12-16-25)30(36-28)32-24-13-9-7-10-14-24/h7-20H,6H2,1-5H3/b28-19+,32-30?. The zero-order chi connectivity index (χ0) is 25.4. The van der Waals surface area contributed by atoms with E-state index in [4.69, 9.17) is 4.99 Å². The number of hydrogen-bond acceptors (Lipinski definition) is 4. The molecular weight excluding hydrogens is 462 g/mol. The van der Waals surface area contributed by atoms with Crippen LogP contribution in [0.4, 0.5) is 17.1 Å². The van der Waals surface area contributed by atoms with Gasteiger partial charge in [-0.15, -0.1) is 0 Å². The number of aliphatic imine (C=N–C) groups is 1. The molecule has 0 aliphatic carbocycles. The van der Waals surface area contributed by atoms with E-state index in [0.717, 1.165) is 29.0 Å². The Hall–Kier alpha value is -3.57. The van der Waals surface area contributed by atoms with E-state index in [0.29, 0.717) is 10.1 Å². The van der Waals surface area contributed by atoms with Crippen molar-refractivity contribution >= 4 is 51.5 Å². The number of para-hydroxylation sites is 2. The lowest BCUT2D eigenvalue weighted by Crippen LogP contribution is -2.44. The second-order valence-corrected chi connectivity index (χ2v) is 10.8. The maximum Gasteiger partial charge on any atom is 0.271 e. The van der Waals surface area contributed by atoms with E-state index in [9.17, 15) is 4.79 Å².